The summed E-state index contributed by atoms with van der Waals surface area (Å²) < 4.78 is 13.0. The van der Waals surface area contributed by atoms with Gasteiger partial charge in [0.1, 0.15) is 17.9 Å². The first-order valence-electron chi connectivity index (χ1n) is 14.3. The summed E-state index contributed by atoms with van der Waals surface area (Å²) in [5, 5.41) is 33.2. The summed E-state index contributed by atoms with van der Waals surface area (Å²) in [6, 6.07) is 0. The van der Waals surface area contributed by atoms with Crippen molar-refractivity contribution in [1.29, 1.82) is 0 Å². The number of rotatable bonds is 8. The van der Waals surface area contributed by atoms with Crippen molar-refractivity contribution in [3.8, 4) is 0 Å². The molecule has 0 bridgehead atoms. The molecule has 0 aromatic heterocycles. The molecule has 9 nitrogen and oxygen atoms in total. The van der Waals surface area contributed by atoms with Crippen LogP contribution in [0.5, 0.6) is 0 Å². The molecule has 1 aliphatic heterocycles. The molecular weight excluding hydrogens is 484 g/mol. The maximum Gasteiger partial charge on any atom is 0.156 e. The van der Waals surface area contributed by atoms with E-state index >= 15 is 0 Å². The highest BCUT2D eigenvalue weighted by Gasteiger charge is 2.74. The lowest BCUT2D eigenvalue weighted by molar-refractivity contribution is -0.171. The molecule has 0 aromatic carbocycles. The third-order valence-electron chi connectivity index (χ3n) is 10.1. The summed E-state index contributed by atoms with van der Waals surface area (Å²) in [6.45, 7) is 7.44. The second-order valence-electron chi connectivity index (χ2n) is 12.5. The Hall–Kier alpha value is -1.78. The zero-order chi connectivity index (χ0) is 27.3. The molecule has 0 radical (unpaired) electrons. The Balaban J connectivity index is 1.45. The van der Waals surface area contributed by atoms with Crippen LogP contribution in [0, 0.1) is 28.6 Å². The number of hydrogen-bond donors (Lipinski definition) is 3. The minimum absolute atomic E-state index is 0.0838. The SMILES string of the molecule is CC1O[C@@H]2C[C@H]3[C@@H]4CCC5=C/C(=N\OCCCCN)C=C[C@]5(C)[C@H]4[C@@H](O)C[C@]3(C)[C@]2(C(CO)=NN(C)C)O1. The third-order valence-corrected chi connectivity index (χ3v) is 10.1. The van der Waals surface area contributed by atoms with Crippen LogP contribution in [0.3, 0.4) is 0 Å². The fourth-order valence-electron chi connectivity index (χ4n) is 8.73. The minimum Gasteiger partial charge on any atom is -0.395 e. The van der Waals surface area contributed by atoms with Crippen molar-refractivity contribution >= 4 is 11.4 Å². The van der Waals surface area contributed by atoms with E-state index in [9.17, 15) is 10.2 Å². The van der Waals surface area contributed by atoms with Crippen molar-refractivity contribution in [3.05, 3.63) is 23.8 Å². The number of aliphatic hydroxyl groups is 2. The van der Waals surface area contributed by atoms with Gasteiger partial charge >= 0.3 is 0 Å². The van der Waals surface area contributed by atoms with Gasteiger partial charge < -0.3 is 35.3 Å². The number of aliphatic hydroxyl groups excluding tert-OH is 2. The Kier molecular flexibility index (Phi) is 7.54. The van der Waals surface area contributed by atoms with Gasteiger partial charge in [-0.1, -0.05) is 30.7 Å². The van der Waals surface area contributed by atoms with Crippen molar-refractivity contribution in [3.63, 3.8) is 0 Å². The molecule has 0 spiro atoms. The monoisotopic (exact) mass is 530 g/mol. The van der Waals surface area contributed by atoms with Gasteiger partial charge in [0.15, 0.2) is 6.29 Å². The number of ether oxygens (including phenoxy) is 2. The first kappa shape index (κ1) is 27.8. The number of nitrogens with two attached hydrogens (primary N) is 1. The van der Waals surface area contributed by atoms with Crippen molar-refractivity contribution in [1.82, 2.24) is 5.01 Å². The molecule has 4 fully saturated rings. The van der Waals surface area contributed by atoms with Crippen LogP contribution in [0.25, 0.3) is 0 Å². The van der Waals surface area contributed by atoms with Crippen LogP contribution >= 0.6 is 0 Å². The quantitative estimate of drug-likeness (QED) is 0.251. The summed E-state index contributed by atoms with van der Waals surface area (Å²) in [6.07, 6.45) is 10.5. The molecule has 9 atom stereocenters. The molecule has 1 saturated heterocycles. The maximum absolute atomic E-state index is 11.9. The molecule has 38 heavy (non-hydrogen) atoms. The highest BCUT2D eigenvalue weighted by molar-refractivity contribution is 6.05. The number of unbranched alkanes of at least 4 members (excludes halogenated alkanes) is 1. The van der Waals surface area contributed by atoms with E-state index in [1.54, 1.807) is 5.01 Å². The van der Waals surface area contributed by atoms with E-state index in [4.69, 9.17) is 25.1 Å². The van der Waals surface area contributed by atoms with Crippen molar-refractivity contribution in [2.45, 2.75) is 83.4 Å². The van der Waals surface area contributed by atoms with E-state index in [-0.39, 0.29) is 36.3 Å². The molecule has 9 heteroatoms. The molecule has 4 N–H and O–H groups in total. The van der Waals surface area contributed by atoms with Gasteiger partial charge in [0, 0.05) is 30.8 Å². The smallest absolute Gasteiger partial charge is 0.156 e. The lowest BCUT2D eigenvalue weighted by atomic mass is 9.46. The molecule has 3 saturated carbocycles. The standard InChI is InChI=1S/C29H46N4O5/c1-18-37-25-15-22-21-9-8-19-14-20(32-36-13-7-6-12-30)10-11-27(19,2)26(21)23(35)16-28(22,3)29(25,38-18)24(17-34)31-33(4)5/h10-11,14,18,21-23,25-26,34-35H,6-9,12-13,15-17,30H2,1-5H3/b31-24?,32-20-/t18?,21-,22-,23-,25+,26+,27-,28-,29+/m0/s1. The van der Waals surface area contributed by atoms with Crippen LogP contribution in [-0.2, 0) is 14.3 Å². The van der Waals surface area contributed by atoms with E-state index in [1.165, 1.54) is 5.57 Å². The molecule has 0 aromatic rings. The predicted molar refractivity (Wildman–Crippen MR) is 146 cm³/mol. The Morgan fingerprint density at radius 2 is 2.08 bits per heavy atom. The number of hydrogen-bond acceptors (Lipinski definition) is 9. The molecule has 212 valence electrons. The van der Waals surface area contributed by atoms with Gasteiger partial charge in [0.25, 0.3) is 0 Å². The van der Waals surface area contributed by atoms with Crippen LogP contribution < -0.4 is 5.73 Å². The van der Waals surface area contributed by atoms with Gasteiger partial charge in [-0.15, -0.1) is 0 Å². The van der Waals surface area contributed by atoms with E-state index in [2.05, 4.69) is 31.2 Å². The molecule has 1 unspecified atom stereocenters. The third kappa shape index (κ3) is 4.17. The summed E-state index contributed by atoms with van der Waals surface area (Å²) in [5.41, 5.74) is 6.78. The van der Waals surface area contributed by atoms with Gasteiger partial charge in [-0.2, -0.15) is 5.10 Å². The van der Waals surface area contributed by atoms with Crippen LogP contribution in [-0.4, -0.2) is 84.6 Å². The molecule has 5 aliphatic rings. The van der Waals surface area contributed by atoms with Gasteiger partial charge in [0.2, 0.25) is 0 Å². The van der Waals surface area contributed by atoms with Crippen molar-refractivity contribution < 1.29 is 24.5 Å². The lowest BCUT2D eigenvalue weighted by Gasteiger charge is -2.60. The second-order valence-corrected chi connectivity index (χ2v) is 12.5. The number of nitrogens with zero attached hydrogens (tertiary/aromatic N) is 3. The highest BCUT2D eigenvalue weighted by Crippen LogP contribution is 2.69. The van der Waals surface area contributed by atoms with Gasteiger partial charge in [-0.05, 0) is 76.0 Å². The van der Waals surface area contributed by atoms with Crippen molar-refractivity contribution in [2.24, 2.45) is 44.6 Å². The molecule has 5 rings (SSSR count). The predicted octanol–water partition coefficient (Wildman–Crippen LogP) is 2.83. The van der Waals surface area contributed by atoms with Crippen LogP contribution in [0.15, 0.2) is 34.1 Å². The second kappa shape index (κ2) is 10.3. The Labute approximate surface area is 226 Å². The summed E-state index contributed by atoms with van der Waals surface area (Å²) in [4.78, 5) is 5.53. The van der Waals surface area contributed by atoms with Gasteiger partial charge in [0.05, 0.1) is 24.5 Å². The molecule has 4 aliphatic carbocycles. The topological polar surface area (TPSA) is 122 Å². The largest absolute Gasteiger partial charge is 0.395 e. The Bertz CT molecular complexity index is 1030. The number of allylic oxidation sites excluding steroid dienone is 4. The Morgan fingerprint density at radius 3 is 2.79 bits per heavy atom. The summed E-state index contributed by atoms with van der Waals surface area (Å²) >= 11 is 0. The molecular formula is C29H46N4O5. The summed E-state index contributed by atoms with van der Waals surface area (Å²) in [5.74, 6) is 0.659. The maximum atomic E-state index is 11.9. The zero-order valence-corrected chi connectivity index (χ0v) is 23.6. The van der Waals surface area contributed by atoms with E-state index in [0.29, 0.717) is 31.2 Å². The van der Waals surface area contributed by atoms with Gasteiger partial charge in [-0.3, -0.25) is 0 Å². The minimum atomic E-state index is -0.859. The average Bonchev–Trinajstić information content (AvgIpc) is 3.32. The number of oxime groups is 1. The normalized spacial score (nSPS) is 44.8. The number of hydrazone groups is 1. The van der Waals surface area contributed by atoms with Crippen LogP contribution in [0.2, 0.25) is 0 Å². The molecule has 1 heterocycles. The number of fused-ring (bicyclic) bond motifs is 7. The molecule has 0 amide bonds. The summed E-state index contributed by atoms with van der Waals surface area (Å²) in [7, 11) is 3.71. The van der Waals surface area contributed by atoms with E-state index < -0.39 is 17.1 Å². The van der Waals surface area contributed by atoms with E-state index in [1.807, 2.05) is 27.1 Å². The fourth-order valence-corrected chi connectivity index (χ4v) is 8.73. The van der Waals surface area contributed by atoms with Crippen molar-refractivity contribution in [2.75, 3.05) is 33.9 Å². The first-order valence-corrected chi connectivity index (χ1v) is 14.3. The van der Waals surface area contributed by atoms with Gasteiger partial charge in [-0.25, -0.2) is 0 Å². The van der Waals surface area contributed by atoms with Crippen LogP contribution in [0.1, 0.15) is 59.3 Å². The fraction of sp³-hybridized carbons (Fsp3) is 0.793. The first-order chi connectivity index (χ1) is 18.1. The Morgan fingerprint density at radius 1 is 1.29 bits per heavy atom. The average molecular weight is 531 g/mol. The zero-order valence-electron chi connectivity index (χ0n) is 23.6. The lowest BCUT2D eigenvalue weighted by Crippen LogP contribution is -2.63. The van der Waals surface area contributed by atoms with E-state index in [0.717, 1.165) is 37.8 Å². The van der Waals surface area contributed by atoms with Crippen LogP contribution in [0.4, 0.5) is 0 Å². The highest BCUT2D eigenvalue weighted by atomic mass is 16.7.